The molecule has 1 fully saturated rings. The molecule has 2 N–H and O–H groups in total. The number of aromatic carboxylic acids is 1. The van der Waals surface area contributed by atoms with Gasteiger partial charge >= 0.3 is 5.97 Å². The van der Waals surface area contributed by atoms with E-state index in [1.54, 1.807) is 24.1 Å². The van der Waals surface area contributed by atoms with Crippen LogP contribution in [0, 0.1) is 11.8 Å². The molecular formula is C16H22N2O3. The Balaban J connectivity index is 1.96. The van der Waals surface area contributed by atoms with E-state index in [9.17, 15) is 9.59 Å². The van der Waals surface area contributed by atoms with Crippen molar-refractivity contribution in [1.29, 1.82) is 0 Å². The summed E-state index contributed by atoms with van der Waals surface area (Å²) in [6.07, 6.45) is 0.555. The van der Waals surface area contributed by atoms with Gasteiger partial charge in [-0.15, -0.1) is 0 Å². The van der Waals surface area contributed by atoms with Gasteiger partial charge in [0.1, 0.15) is 0 Å². The lowest BCUT2D eigenvalue weighted by Gasteiger charge is -2.23. The Labute approximate surface area is 125 Å². The van der Waals surface area contributed by atoms with Crippen LogP contribution in [0.4, 0.5) is 0 Å². The number of carboxylic acid groups (broad SMARTS) is 1. The highest BCUT2D eigenvalue weighted by atomic mass is 16.4. The molecule has 21 heavy (non-hydrogen) atoms. The predicted octanol–water partition coefficient (Wildman–Crippen LogP) is 1.24. The Morgan fingerprint density at radius 2 is 2.05 bits per heavy atom. The molecule has 1 amide bonds. The normalized spacial score (nSPS) is 21.2. The van der Waals surface area contributed by atoms with Gasteiger partial charge in [0.15, 0.2) is 0 Å². The molecule has 5 heteroatoms. The van der Waals surface area contributed by atoms with Crippen molar-refractivity contribution in [3.8, 4) is 0 Å². The summed E-state index contributed by atoms with van der Waals surface area (Å²) in [5.74, 6) is -0.399. The standard InChI is InChI=1S/C16H22N2O3/c1-11-9-17-10-14(11)15(19)18(2)8-7-12-5-3-4-6-13(12)16(20)21/h3-6,11,14,17H,7-10H2,1-2H3,(H,20,21)/t11-,14-/m1/s1. The number of nitrogens with zero attached hydrogens (tertiary/aromatic N) is 1. The molecule has 2 atom stereocenters. The van der Waals surface area contributed by atoms with Crippen molar-refractivity contribution >= 4 is 11.9 Å². The fraction of sp³-hybridized carbons (Fsp3) is 0.500. The Kier molecular flexibility index (Phi) is 4.96. The molecule has 0 spiro atoms. The molecule has 1 aliphatic rings. The van der Waals surface area contributed by atoms with Crippen LogP contribution in [-0.2, 0) is 11.2 Å². The summed E-state index contributed by atoms with van der Waals surface area (Å²) in [6, 6.07) is 6.95. The SMILES string of the molecule is C[C@@H]1CNC[C@H]1C(=O)N(C)CCc1ccccc1C(=O)O. The van der Waals surface area contributed by atoms with Gasteiger partial charge in [-0.3, -0.25) is 4.79 Å². The van der Waals surface area contributed by atoms with Gasteiger partial charge in [-0.05, 0) is 30.5 Å². The van der Waals surface area contributed by atoms with E-state index >= 15 is 0 Å². The van der Waals surface area contributed by atoms with Crippen LogP contribution >= 0.6 is 0 Å². The van der Waals surface area contributed by atoms with E-state index in [-0.39, 0.29) is 11.8 Å². The Morgan fingerprint density at radius 1 is 1.33 bits per heavy atom. The maximum absolute atomic E-state index is 12.4. The topological polar surface area (TPSA) is 69.6 Å². The lowest BCUT2D eigenvalue weighted by Crippen LogP contribution is -2.37. The monoisotopic (exact) mass is 290 g/mol. The summed E-state index contributed by atoms with van der Waals surface area (Å²) in [5.41, 5.74) is 1.08. The van der Waals surface area contributed by atoms with Crippen molar-refractivity contribution in [3.05, 3.63) is 35.4 Å². The fourth-order valence-electron chi connectivity index (χ4n) is 2.77. The van der Waals surface area contributed by atoms with Gasteiger partial charge in [-0.1, -0.05) is 25.1 Å². The smallest absolute Gasteiger partial charge is 0.335 e. The van der Waals surface area contributed by atoms with Crippen LogP contribution in [-0.4, -0.2) is 48.6 Å². The highest BCUT2D eigenvalue weighted by Gasteiger charge is 2.31. The molecule has 0 saturated carbocycles. The fourth-order valence-corrected chi connectivity index (χ4v) is 2.77. The molecule has 1 aliphatic heterocycles. The number of carbonyl (C=O) groups is 2. The van der Waals surface area contributed by atoms with Crippen LogP contribution in [0.15, 0.2) is 24.3 Å². The van der Waals surface area contributed by atoms with Gasteiger partial charge in [-0.2, -0.15) is 0 Å². The molecule has 0 radical (unpaired) electrons. The second-order valence-electron chi connectivity index (χ2n) is 5.71. The number of hydrogen-bond acceptors (Lipinski definition) is 3. The molecule has 2 rings (SSSR count). The van der Waals surface area contributed by atoms with Crippen LogP contribution in [0.5, 0.6) is 0 Å². The molecule has 0 unspecified atom stereocenters. The number of amides is 1. The van der Waals surface area contributed by atoms with Crippen LogP contribution in [0.1, 0.15) is 22.8 Å². The third kappa shape index (κ3) is 3.61. The Bertz CT molecular complexity index is 530. The molecule has 1 saturated heterocycles. The number of rotatable bonds is 5. The number of nitrogens with one attached hydrogen (secondary N) is 1. The van der Waals surface area contributed by atoms with Crippen LogP contribution in [0.2, 0.25) is 0 Å². The van der Waals surface area contributed by atoms with E-state index in [0.29, 0.717) is 24.4 Å². The summed E-state index contributed by atoms with van der Waals surface area (Å²) in [5, 5.41) is 12.4. The molecule has 1 aromatic carbocycles. The van der Waals surface area contributed by atoms with Crippen molar-refractivity contribution in [2.75, 3.05) is 26.7 Å². The minimum Gasteiger partial charge on any atom is -0.478 e. The molecule has 114 valence electrons. The maximum atomic E-state index is 12.4. The molecule has 0 aromatic heterocycles. The zero-order valence-electron chi connectivity index (χ0n) is 12.5. The molecule has 1 heterocycles. The van der Waals surface area contributed by atoms with Crippen molar-refractivity contribution in [1.82, 2.24) is 10.2 Å². The van der Waals surface area contributed by atoms with Crippen molar-refractivity contribution < 1.29 is 14.7 Å². The van der Waals surface area contributed by atoms with Gasteiger partial charge in [-0.25, -0.2) is 4.79 Å². The number of carbonyl (C=O) groups excluding carboxylic acids is 1. The second kappa shape index (κ2) is 6.72. The van der Waals surface area contributed by atoms with E-state index in [1.165, 1.54) is 0 Å². The van der Waals surface area contributed by atoms with Crippen molar-refractivity contribution in [2.45, 2.75) is 13.3 Å². The first-order valence-corrected chi connectivity index (χ1v) is 7.27. The van der Waals surface area contributed by atoms with E-state index < -0.39 is 5.97 Å². The third-order valence-electron chi connectivity index (χ3n) is 4.18. The highest BCUT2D eigenvalue weighted by Crippen LogP contribution is 2.18. The summed E-state index contributed by atoms with van der Waals surface area (Å²) < 4.78 is 0. The zero-order valence-corrected chi connectivity index (χ0v) is 12.5. The molecular weight excluding hydrogens is 268 g/mol. The largest absolute Gasteiger partial charge is 0.478 e. The lowest BCUT2D eigenvalue weighted by atomic mass is 9.96. The summed E-state index contributed by atoms with van der Waals surface area (Å²) in [4.78, 5) is 25.2. The molecule has 5 nitrogen and oxygen atoms in total. The average Bonchev–Trinajstić information content (AvgIpc) is 2.90. The van der Waals surface area contributed by atoms with E-state index in [0.717, 1.165) is 18.7 Å². The lowest BCUT2D eigenvalue weighted by molar-refractivity contribution is -0.134. The molecule has 1 aromatic rings. The number of carboxylic acids is 1. The third-order valence-corrected chi connectivity index (χ3v) is 4.18. The molecule has 0 aliphatic carbocycles. The zero-order chi connectivity index (χ0) is 15.4. The molecule has 0 bridgehead atoms. The van der Waals surface area contributed by atoms with E-state index in [4.69, 9.17) is 5.11 Å². The maximum Gasteiger partial charge on any atom is 0.335 e. The number of benzene rings is 1. The first-order chi connectivity index (χ1) is 10.0. The minimum atomic E-state index is -0.923. The highest BCUT2D eigenvalue weighted by molar-refractivity contribution is 5.89. The van der Waals surface area contributed by atoms with Crippen molar-refractivity contribution in [3.63, 3.8) is 0 Å². The van der Waals surface area contributed by atoms with Gasteiger partial charge in [0.05, 0.1) is 11.5 Å². The van der Waals surface area contributed by atoms with Crippen molar-refractivity contribution in [2.24, 2.45) is 11.8 Å². The average molecular weight is 290 g/mol. The first-order valence-electron chi connectivity index (χ1n) is 7.27. The van der Waals surface area contributed by atoms with Crippen LogP contribution < -0.4 is 5.32 Å². The number of likely N-dealkylation sites (N-methyl/N-ethyl adjacent to an activating group) is 1. The van der Waals surface area contributed by atoms with Gasteiger partial charge in [0.2, 0.25) is 5.91 Å². The van der Waals surface area contributed by atoms with Gasteiger partial charge < -0.3 is 15.3 Å². The second-order valence-corrected chi connectivity index (χ2v) is 5.71. The van der Waals surface area contributed by atoms with Crippen LogP contribution in [0.3, 0.4) is 0 Å². The summed E-state index contributed by atoms with van der Waals surface area (Å²) >= 11 is 0. The summed E-state index contributed by atoms with van der Waals surface area (Å²) in [7, 11) is 1.79. The Morgan fingerprint density at radius 3 is 2.67 bits per heavy atom. The van der Waals surface area contributed by atoms with E-state index in [2.05, 4.69) is 12.2 Å². The quantitative estimate of drug-likeness (QED) is 0.856. The Hall–Kier alpha value is -1.88. The first kappa shape index (κ1) is 15.5. The van der Waals surface area contributed by atoms with E-state index in [1.807, 2.05) is 12.1 Å². The number of hydrogen-bond donors (Lipinski definition) is 2. The predicted molar refractivity (Wildman–Crippen MR) is 80.3 cm³/mol. The summed E-state index contributed by atoms with van der Waals surface area (Å²) in [6.45, 7) is 4.23. The van der Waals surface area contributed by atoms with Gasteiger partial charge in [0, 0.05) is 20.1 Å². The van der Waals surface area contributed by atoms with Gasteiger partial charge in [0.25, 0.3) is 0 Å². The minimum absolute atomic E-state index is 0.0321. The van der Waals surface area contributed by atoms with Crippen LogP contribution in [0.25, 0.3) is 0 Å².